The Morgan fingerprint density at radius 3 is 3.08 bits per heavy atom. The second-order valence-corrected chi connectivity index (χ2v) is 5.85. The average Bonchev–Trinajstić information content (AvgIpc) is 3.04. The number of allylic oxidation sites excluding steroid dienone is 3. The standard InChI is InChI=1S/C17H20N4O3/c1-3-23-10(2)21-9-11(8-20-21)15-12(7-18)17(19)24-14-6-4-5-13(22)16(14)15/h8-10,15H,3-6,19H2,1-2H3/t10-,15+/m1/s1. The number of carbonyl (C=O) groups excluding carboxylic acids is 1. The Hall–Kier alpha value is -2.59. The van der Waals surface area contributed by atoms with Crippen molar-refractivity contribution >= 4 is 5.78 Å². The SMILES string of the molecule is CCO[C@H](C)n1cc([C@H]2C(C#N)=C(N)OC3=C2C(=O)CCC3)cn1. The molecule has 1 aromatic rings. The molecule has 0 bridgehead atoms. The van der Waals surface area contributed by atoms with Crippen LogP contribution >= 0.6 is 0 Å². The number of ketones is 1. The van der Waals surface area contributed by atoms with E-state index in [1.54, 1.807) is 17.1 Å². The molecule has 2 N–H and O–H groups in total. The lowest BCUT2D eigenvalue weighted by molar-refractivity contribution is -0.116. The minimum Gasteiger partial charge on any atom is -0.444 e. The highest BCUT2D eigenvalue weighted by molar-refractivity contribution is 5.99. The summed E-state index contributed by atoms with van der Waals surface area (Å²) in [7, 11) is 0. The molecule has 0 radical (unpaired) electrons. The van der Waals surface area contributed by atoms with E-state index >= 15 is 0 Å². The molecule has 3 rings (SSSR count). The topological polar surface area (TPSA) is 103 Å². The highest BCUT2D eigenvalue weighted by Gasteiger charge is 2.38. The maximum Gasteiger partial charge on any atom is 0.205 e. The van der Waals surface area contributed by atoms with E-state index in [4.69, 9.17) is 15.2 Å². The predicted octanol–water partition coefficient (Wildman–Crippen LogP) is 2.25. The number of rotatable bonds is 4. The van der Waals surface area contributed by atoms with Crippen molar-refractivity contribution in [1.29, 1.82) is 5.26 Å². The fourth-order valence-corrected chi connectivity index (χ4v) is 3.21. The first-order valence-electron chi connectivity index (χ1n) is 8.06. The number of carbonyl (C=O) groups is 1. The number of nitriles is 1. The molecule has 0 fully saturated rings. The Morgan fingerprint density at radius 2 is 2.38 bits per heavy atom. The molecule has 0 aromatic carbocycles. The van der Waals surface area contributed by atoms with Crippen molar-refractivity contribution in [3.8, 4) is 6.07 Å². The molecule has 1 aliphatic carbocycles. The first-order valence-corrected chi connectivity index (χ1v) is 8.06. The molecular formula is C17H20N4O3. The van der Waals surface area contributed by atoms with E-state index in [1.165, 1.54) is 0 Å². The Balaban J connectivity index is 2.05. The molecule has 2 aliphatic rings. The van der Waals surface area contributed by atoms with Gasteiger partial charge in [0.25, 0.3) is 0 Å². The number of hydrogen-bond acceptors (Lipinski definition) is 6. The van der Waals surface area contributed by atoms with E-state index in [2.05, 4.69) is 11.2 Å². The minimum absolute atomic E-state index is 0.00658. The Bertz CT molecular complexity index is 769. The van der Waals surface area contributed by atoms with Gasteiger partial charge >= 0.3 is 0 Å². The van der Waals surface area contributed by atoms with Gasteiger partial charge in [-0.2, -0.15) is 10.4 Å². The van der Waals surface area contributed by atoms with Gasteiger partial charge in [0.05, 0.1) is 12.1 Å². The summed E-state index contributed by atoms with van der Waals surface area (Å²) in [6, 6.07) is 2.09. The fraction of sp³-hybridized carbons (Fsp3) is 0.471. The lowest BCUT2D eigenvalue weighted by Gasteiger charge is -2.30. The highest BCUT2D eigenvalue weighted by atomic mass is 16.5. The van der Waals surface area contributed by atoms with Crippen LogP contribution in [0.4, 0.5) is 0 Å². The third kappa shape index (κ3) is 2.69. The Morgan fingerprint density at radius 1 is 1.58 bits per heavy atom. The first kappa shape index (κ1) is 16.3. The van der Waals surface area contributed by atoms with Crippen LogP contribution in [0.2, 0.25) is 0 Å². The molecule has 2 heterocycles. The van der Waals surface area contributed by atoms with Crippen LogP contribution in [0.15, 0.2) is 35.2 Å². The van der Waals surface area contributed by atoms with Gasteiger partial charge in [-0.3, -0.25) is 4.79 Å². The van der Waals surface area contributed by atoms with Gasteiger partial charge in [-0.15, -0.1) is 0 Å². The van der Waals surface area contributed by atoms with Crippen LogP contribution in [0.1, 0.15) is 50.8 Å². The van der Waals surface area contributed by atoms with Crippen LogP contribution in [0.5, 0.6) is 0 Å². The smallest absolute Gasteiger partial charge is 0.205 e. The third-order valence-electron chi connectivity index (χ3n) is 4.34. The minimum atomic E-state index is -0.519. The molecule has 0 saturated carbocycles. The van der Waals surface area contributed by atoms with E-state index in [0.29, 0.717) is 30.8 Å². The highest BCUT2D eigenvalue weighted by Crippen LogP contribution is 2.43. The molecule has 0 unspecified atom stereocenters. The fourth-order valence-electron chi connectivity index (χ4n) is 3.21. The van der Waals surface area contributed by atoms with Crippen LogP contribution in [0.25, 0.3) is 0 Å². The van der Waals surface area contributed by atoms with Crippen LogP contribution in [-0.2, 0) is 14.3 Å². The zero-order valence-electron chi connectivity index (χ0n) is 13.8. The first-order chi connectivity index (χ1) is 11.6. The molecule has 126 valence electrons. The van der Waals surface area contributed by atoms with E-state index in [1.807, 2.05) is 13.8 Å². The number of nitrogens with two attached hydrogens (primary N) is 1. The lowest BCUT2D eigenvalue weighted by atomic mass is 9.78. The Kier molecular flexibility index (Phi) is 4.40. The van der Waals surface area contributed by atoms with Crippen molar-refractivity contribution in [2.45, 2.75) is 45.3 Å². The van der Waals surface area contributed by atoms with Gasteiger partial charge in [-0.1, -0.05) is 0 Å². The van der Waals surface area contributed by atoms with Crippen molar-refractivity contribution in [2.75, 3.05) is 6.61 Å². The molecule has 2 atom stereocenters. The van der Waals surface area contributed by atoms with Crippen molar-refractivity contribution in [3.05, 3.63) is 40.7 Å². The molecule has 0 amide bonds. The third-order valence-corrected chi connectivity index (χ3v) is 4.34. The van der Waals surface area contributed by atoms with Gasteiger partial charge < -0.3 is 15.2 Å². The Labute approximate surface area is 140 Å². The predicted molar refractivity (Wildman–Crippen MR) is 85.1 cm³/mol. The van der Waals surface area contributed by atoms with Gasteiger partial charge in [0.15, 0.2) is 5.78 Å². The van der Waals surface area contributed by atoms with Gasteiger partial charge in [0.2, 0.25) is 5.88 Å². The molecule has 1 aliphatic heterocycles. The second-order valence-electron chi connectivity index (χ2n) is 5.85. The maximum atomic E-state index is 12.5. The van der Waals surface area contributed by atoms with Crippen molar-refractivity contribution in [2.24, 2.45) is 5.73 Å². The van der Waals surface area contributed by atoms with E-state index in [-0.39, 0.29) is 23.5 Å². The monoisotopic (exact) mass is 328 g/mol. The van der Waals surface area contributed by atoms with Crippen molar-refractivity contribution in [3.63, 3.8) is 0 Å². The number of ether oxygens (including phenoxy) is 2. The zero-order chi connectivity index (χ0) is 17.3. The summed E-state index contributed by atoms with van der Waals surface area (Å²) >= 11 is 0. The second kappa shape index (κ2) is 6.49. The number of nitrogens with zero attached hydrogens (tertiary/aromatic N) is 3. The molecule has 7 nitrogen and oxygen atoms in total. The summed E-state index contributed by atoms with van der Waals surface area (Å²) in [4.78, 5) is 12.5. The number of Topliss-reactive ketones (excluding diaryl/α,β-unsaturated/α-hetero) is 1. The summed E-state index contributed by atoms with van der Waals surface area (Å²) in [6.45, 7) is 4.36. The van der Waals surface area contributed by atoms with E-state index < -0.39 is 5.92 Å². The number of hydrogen-bond donors (Lipinski definition) is 1. The molecule has 0 spiro atoms. The van der Waals surface area contributed by atoms with E-state index in [9.17, 15) is 10.1 Å². The molecule has 24 heavy (non-hydrogen) atoms. The summed E-state index contributed by atoms with van der Waals surface area (Å²) < 4.78 is 12.7. The maximum absolute atomic E-state index is 12.5. The van der Waals surface area contributed by atoms with Crippen molar-refractivity contribution in [1.82, 2.24) is 9.78 Å². The van der Waals surface area contributed by atoms with Gasteiger partial charge in [0.1, 0.15) is 23.6 Å². The van der Waals surface area contributed by atoms with Crippen LogP contribution in [0.3, 0.4) is 0 Å². The molecule has 1 aromatic heterocycles. The summed E-state index contributed by atoms with van der Waals surface area (Å²) in [6.07, 6.45) is 5.07. The van der Waals surface area contributed by atoms with Gasteiger partial charge in [0, 0.05) is 36.8 Å². The molecule has 7 heteroatoms. The van der Waals surface area contributed by atoms with E-state index in [0.717, 1.165) is 12.0 Å². The summed E-state index contributed by atoms with van der Waals surface area (Å²) in [5, 5.41) is 13.8. The zero-order valence-corrected chi connectivity index (χ0v) is 13.8. The van der Waals surface area contributed by atoms with Crippen LogP contribution in [0, 0.1) is 11.3 Å². The average molecular weight is 328 g/mol. The van der Waals surface area contributed by atoms with Crippen LogP contribution in [-0.4, -0.2) is 22.2 Å². The summed E-state index contributed by atoms with van der Waals surface area (Å²) in [5.41, 5.74) is 7.46. The quantitative estimate of drug-likeness (QED) is 0.909. The number of aromatic nitrogens is 2. The largest absolute Gasteiger partial charge is 0.444 e. The van der Waals surface area contributed by atoms with Gasteiger partial charge in [-0.25, -0.2) is 4.68 Å². The molecular weight excluding hydrogens is 308 g/mol. The lowest BCUT2D eigenvalue weighted by Crippen LogP contribution is -2.27. The normalized spacial score (nSPS) is 22.0. The van der Waals surface area contributed by atoms with Crippen LogP contribution < -0.4 is 5.73 Å². The molecule has 0 saturated heterocycles. The van der Waals surface area contributed by atoms with Crippen molar-refractivity contribution < 1.29 is 14.3 Å². The summed E-state index contributed by atoms with van der Waals surface area (Å²) in [5.74, 6) is 0.140. The van der Waals surface area contributed by atoms with Gasteiger partial charge in [-0.05, 0) is 20.3 Å².